The lowest BCUT2D eigenvalue weighted by Crippen LogP contribution is -2.27. The Balaban J connectivity index is 2.11. The summed E-state index contributed by atoms with van der Waals surface area (Å²) >= 11 is 0. The minimum atomic E-state index is 0.379. The molecule has 2 heterocycles. The highest BCUT2D eigenvalue weighted by Gasteiger charge is 2.15. The van der Waals surface area contributed by atoms with Crippen molar-refractivity contribution >= 4 is 6.29 Å². The van der Waals surface area contributed by atoms with Crippen LogP contribution in [0.25, 0.3) is 0 Å². The molecular formula is C11H14N2O. The van der Waals surface area contributed by atoms with Crippen LogP contribution in [-0.2, 0) is 0 Å². The zero-order chi connectivity index (χ0) is 9.80. The minimum absolute atomic E-state index is 0.379. The van der Waals surface area contributed by atoms with Gasteiger partial charge in [0.15, 0.2) is 6.29 Å². The molecule has 3 heteroatoms. The van der Waals surface area contributed by atoms with Crippen molar-refractivity contribution in [2.75, 3.05) is 6.54 Å². The highest BCUT2D eigenvalue weighted by molar-refractivity contribution is 5.73. The third-order valence-electron chi connectivity index (χ3n) is 2.61. The van der Waals surface area contributed by atoms with Crippen LogP contribution in [0.3, 0.4) is 0 Å². The largest absolute Gasteiger partial charge is 0.309 e. The van der Waals surface area contributed by atoms with E-state index in [1.165, 1.54) is 12.8 Å². The van der Waals surface area contributed by atoms with Crippen LogP contribution in [0, 0.1) is 0 Å². The fourth-order valence-electron chi connectivity index (χ4n) is 1.80. The number of aldehydes is 1. The Morgan fingerprint density at radius 3 is 2.93 bits per heavy atom. The van der Waals surface area contributed by atoms with Gasteiger partial charge in [-0.2, -0.15) is 0 Å². The van der Waals surface area contributed by atoms with Crippen molar-refractivity contribution < 1.29 is 4.79 Å². The molecule has 1 saturated heterocycles. The molecule has 1 atom stereocenters. The molecule has 0 amide bonds. The smallest absolute Gasteiger partial charge is 0.151 e. The molecule has 0 saturated carbocycles. The van der Waals surface area contributed by atoms with Crippen LogP contribution < -0.4 is 5.32 Å². The first-order valence-electron chi connectivity index (χ1n) is 5.04. The third-order valence-corrected chi connectivity index (χ3v) is 2.61. The van der Waals surface area contributed by atoms with E-state index >= 15 is 0 Å². The van der Waals surface area contributed by atoms with Gasteiger partial charge in [0.2, 0.25) is 0 Å². The first-order chi connectivity index (χ1) is 6.90. The van der Waals surface area contributed by atoms with E-state index in [1.807, 2.05) is 12.1 Å². The Bertz CT molecular complexity index is 302. The molecule has 0 spiro atoms. The Kier molecular flexibility index (Phi) is 2.89. The predicted octanol–water partition coefficient (Wildman–Crippen LogP) is 1.71. The number of aromatic nitrogens is 1. The van der Waals surface area contributed by atoms with Gasteiger partial charge in [0.05, 0.1) is 5.69 Å². The van der Waals surface area contributed by atoms with Crippen LogP contribution in [0.2, 0.25) is 0 Å². The molecule has 0 radical (unpaired) electrons. The molecule has 3 nitrogen and oxygen atoms in total. The number of hydrogen-bond donors (Lipinski definition) is 1. The van der Waals surface area contributed by atoms with E-state index in [4.69, 9.17) is 0 Å². The van der Waals surface area contributed by atoms with Gasteiger partial charge >= 0.3 is 0 Å². The first kappa shape index (κ1) is 9.34. The van der Waals surface area contributed by atoms with Gasteiger partial charge in [-0.15, -0.1) is 0 Å². The Hall–Kier alpha value is -1.22. The fraction of sp³-hybridized carbons (Fsp3) is 0.455. The topological polar surface area (TPSA) is 42.0 Å². The molecule has 2 rings (SSSR count). The third kappa shape index (κ3) is 1.99. The van der Waals surface area contributed by atoms with Crippen molar-refractivity contribution in [3.05, 3.63) is 29.6 Å². The number of carbonyl (C=O) groups excluding carboxylic acids is 1. The fourth-order valence-corrected chi connectivity index (χ4v) is 1.80. The average molecular weight is 190 g/mol. The zero-order valence-corrected chi connectivity index (χ0v) is 8.07. The molecule has 1 aromatic rings. The molecule has 74 valence electrons. The first-order valence-corrected chi connectivity index (χ1v) is 5.04. The summed E-state index contributed by atoms with van der Waals surface area (Å²) in [6.45, 7) is 1.07. The summed E-state index contributed by atoms with van der Waals surface area (Å²) in [4.78, 5) is 14.7. The van der Waals surface area contributed by atoms with Gasteiger partial charge in [0.1, 0.15) is 0 Å². The average Bonchev–Trinajstić information content (AvgIpc) is 2.30. The van der Waals surface area contributed by atoms with Crippen molar-refractivity contribution in [1.29, 1.82) is 0 Å². The maximum Gasteiger partial charge on any atom is 0.151 e. The van der Waals surface area contributed by atoms with E-state index in [0.29, 0.717) is 11.6 Å². The van der Waals surface area contributed by atoms with Crippen LogP contribution in [0.4, 0.5) is 0 Å². The second-order valence-electron chi connectivity index (χ2n) is 3.64. The molecule has 1 aliphatic heterocycles. The lowest BCUT2D eigenvalue weighted by atomic mass is 10.0. The standard InChI is InChI=1S/C11H14N2O/c14-8-9-4-5-11(13-7-9)10-3-1-2-6-12-10/h4-5,7-8,10,12H,1-3,6H2/t10-/m0/s1. The van der Waals surface area contributed by atoms with Crippen molar-refractivity contribution in [2.45, 2.75) is 25.3 Å². The van der Waals surface area contributed by atoms with E-state index in [-0.39, 0.29) is 0 Å². The number of nitrogens with one attached hydrogen (secondary N) is 1. The molecular weight excluding hydrogens is 176 g/mol. The molecule has 0 bridgehead atoms. The zero-order valence-electron chi connectivity index (χ0n) is 8.07. The van der Waals surface area contributed by atoms with Crippen LogP contribution in [0.1, 0.15) is 41.4 Å². The Morgan fingerprint density at radius 2 is 2.36 bits per heavy atom. The van der Waals surface area contributed by atoms with Crippen molar-refractivity contribution in [3.8, 4) is 0 Å². The second kappa shape index (κ2) is 4.33. The van der Waals surface area contributed by atoms with Crippen molar-refractivity contribution in [3.63, 3.8) is 0 Å². The second-order valence-corrected chi connectivity index (χ2v) is 3.64. The van der Waals surface area contributed by atoms with Crippen molar-refractivity contribution in [1.82, 2.24) is 10.3 Å². The molecule has 1 N–H and O–H groups in total. The lowest BCUT2D eigenvalue weighted by Gasteiger charge is -2.22. The summed E-state index contributed by atoms with van der Waals surface area (Å²) in [5.41, 5.74) is 1.69. The Morgan fingerprint density at radius 1 is 1.43 bits per heavy atom. The number of nitrogens with zero attached hydrogens (tertiary/aromatic N) is 1. The Labute approximate surface area is 83.5 Å². The number of pyridine rings is 1. The number of carbonyl (C=O) groups is 1. The SMILES string of the molecule is O=Cc1ccc([C@@H]2CCCCN2)nc1. The highest BCUT2D eigenvalue weighted by Crippen LogP contribution is 2.20. The van der Waals surface area contributed by atoms with Gasteiger partial charge in [-0.05, 0) is 31.5 Å². The summed E-state index contributed by atoms with van der Waals surface area (Å²) in [7, 11) is 0. The molecule has 0 unspecified atom stereocenters. The van der Waals surface area contributed by atoms with Crippen molar-refractivity contribution in [2.24, 2.45) is 0 Å². The van der Waals surface area contributed by atoms with E-state index in [1.54, 1.807) is 6.20 Å². The molecule has 14 heavy (non-hydrogen) atoms. The summed E-state index contributed by atoms with van der Waals surface area (Å²) < 4.78 is 0. The van der Waals surface area contributed by atoms with Crippen LogP contribution >= 0.6 is 0 Å². The maximum absolute atomic E-state index is 10.4. The van der Waals surface area contributed by atoms with Gasteiger partial charge in [-0.1, -0.05) is 6.42 Å². The maximum atomic E-state index is 10.4. The predicted molar refractivity (Wildman–Crippen MR) is 54.2 cm³/mol. The summed E-state index contributed by atoms with van der Waals surface area (Å²) in [6, 6.07) is 4.14. The molecule has 1 fully saturated rings. The number of hydrogen-bond acceptors (Lipinski definition) is 3. The van der Waals surface area contributed by atoms with Gasteiger partial charge in [0, 0.05) is 17.8 Å². The molecule has 0 aliphatic carbocycles. The molecule has 1 aliphatic rings. The van der Waals surface area contributed by atoms with E-state index in [0.717, 1.165) is 24.9 Å². The highest BCUT2D eigenvalue weighted by atomic mass is 16.1. The lowest BCUT2D eigenvalue weighted by molar-refractivity contribution is 0.112. The van der Waals surface area contributed by atoms with E-state index in [9.17, 15) is 4.79 Å². The summed E-state index contributed by atoms with van der Waals surface area (Å²) in [6.07, 6.45) is 6.12. The van der Waals surface area contributed by atoms with Gasteiger partial charge in [0.25, 0.3) is 0 Å². The summed E-state index contributed by atoms with van der Waals surface area (Å²) in [5, 5.41) is 3.42. The van der Waals surface area contributed by atoms with Gasteiger partial charge < -0.3 is 5.32 Å². The van der Waals surface area contributed by atoms with Gasteiger partial charge in [-0.3, -0.25) is 9.78 Å². The van der Waals surface area contributed by atoms with Crippen LogP contribution in [0.5, 0.6) is 0 Å². The van der Waals surface area contributed by atoms with Gasteiger partial charge in [-0.25, -0.2) is 0 Å². The number of piperidine rings is 1. The quantitative estimate of drug-likeness (QED) is 0.722. The van der Waals surface area contributed by atoms with E-state index in [2.05, 4.69) is 10.3 Å². The summed E-state index contributed by atoms with van der Waals surface area (Å²) in [5.74, 6) is 0. The van der Waals surface area contributed by atoms with E-state index < -0.39 is 0 Å². The van der Waals surface area contributed by atoms with Crippen LogP contribution in [0.15, 0.2) is 18.3 Å². The number of rotatable bonds is 2. The normalized spacial score (nSPS) is 21.9. The minimum Gasteiger partial charge on any atom is -0.309 e. The molecule has 1 aromatic heterocycles. The molecule has 0 aromatic carbocycles. The van der Waals surface area contributed by atoms with Crippen LogP contribution in [-0.4, -0.2) is 17.8 Å². The monoisotopic (exact) mass is 190 g/mol.